The van der Waals surface area contributed by atoms with E-state index in [1.807, 2.05) is 19.1 Å². The molecule has 2 aliphatic rings. The molecule has 2 unspecified atom stereocenters. The standard InChI is InChI=1S/C18H27FN2/c1-13(20)18(15-9-3-4-10-16(15)19)21-12-6-8-14-7-2-5-11-17(14)21/h3-4,9-10,13-14,17-18H,2,5-8,11-12,20H2,1H3/t13?,14-,17-,18?/m1/s1. The van der Waals surface area contributed by atoms with E-state index in [-0.39, 0.29) is 17.9 Å². The first-order chi connectivity index (χ1) is 10.2. The summed E-state index contributed by atoms with van der Waals surface area (Å²) in [7, 11) is 0. The zero-order valence-electron chi connectivity index (χ0n) is 13.0. The molecule has 3 rings (SSSR count). The summed E-state index contributed by atoms with van der Waals surface area (Å²) < 4.78 is 14.3. The van der Waals surface area contributed by atoms with Gasteiger partial charge in [0.1, 0.15) is 5.82 Å². The minimum absolute atomic E-state index is 0.0112. The Morgan fingerprint density at radius 3 is 2.62 bits per heavy atom. The number of fused-ring (bicyclic) bond motifs is 1. The molecule has 4 atom stereocenters. The number of likely N-dealkylation sites (tertiary alicyclic amines) is 1. The van der Waals surface area contributed by atoms with Gasteiger partial charge in [0.2, 0.25) is 0 Å². The van der Waals surface area contributed by atoms with E-state index in [0.29, 0.717) is 6.04 Å². The molecule has 1 heterocycles. The second kappa shape index (κ2) is 6.45. The maximum absolute atomic E-state index is 14.3. The van der Waals surface area contributed by atoms with Gasteiger partial charge < -0.3 is 5.73 Å². The fraction of sp³-hybridized carbons (Fsp3) is 0.667. The van der Waals surface area contributed by atoms with Crippen LogP contribution < -0.4 is 5.73 Å². The van der Waals surface area contributed by atoms with Gasteiger partial charge in [-0.25, -0.2) is 4.39 Å². The lowest BCUT2D eigenvalue weighted by Gasteiger charge is -2.49. The molecule has 0 radical (unpaired) electrons. The van der Waals surface area contributed by atoms with Gasteiger partial charge in [0, 0.05) is 17.6 Å². The number of benzene rings is 1. The average molecular weight is 290 g/mol. The number of hydrogen-bond donors (Lipinski definition) is 1. The third-order valence-electron chi connectivity index (χ3n) is 5.37. The van der Waals surface area contributed by atoms with Crippen molar-refractivity contribution >= 4 is 0 Å². The molecule has 1 saturated carbocycles. The monoisotopic (exact) mass is 290 g/mol. The summed E-state index contributed by atoms with van der Waals surface area (Å²) in [6.07, 6.45) is 7.81. The van der Waals surface area contributed by atoms with Crippen LogP contribution in [0.3, 0.4) is 0 Å². The highest BCUT2D eigenvalue weighted by molar-refractivity contribution is 5.23. The Kier molecular flexibility index (Phi) is 4.60. The maximum Gasteiger partial charge on any atom is 0.128 e. The number of nitrogens with two attached hydrogens (primary N) is 1. The first-order valence-corrected chi connectivity index (χ1v) is 8.44. The molecule has 21 heavy (non-hydrogen) atoms. The van der Waals surface area contributed by atoms with Crippen molar-refractivity contribution in [2.75, 3.05) is 6.54 Å². The summed E-state index contributed by atoms with van der Waals surface area (Å²) in [6.45, 7) is 3.07. The molecule has 3 heteroatoms. The van der Waals surface area contributed by atoms with Crippen LogP contribution in [0.15, 0.2) is 24.3 Å². The molecular formula is C18H27FN2. The normalized spacial score (nSPS) is 29.7. The molecule has 0 spiro atoms. The molecule has 2 nitrogen and oxygen atoms in total. The van der Waals surface area contributed by atoms with Gasteiger partial charge in [0.05, 0.1) is 6.04 Å². The van der Waals surface area contributed by atoms with Gasteiger partial charge in [-0.3, -0.25) is 4.90 Å². The summed E-state index contributed by atoms with van der Waals surface area (Å²) >= 11 is 0. The molecule has 1 aromatic rings. The van der Waals surface area contributed by atoms with Crippen LogP contribution in [0.25, 0.3) is 0 Å². The third kappa shape index (κ3) is 3.00. The topological polar surface area (TPSA) is 29.3 Å². The van der Waals surface area contributed by atoms with E-state index < -0.39 is 0 Å². The first kappa shape index (κ1) is 15.0. The summed E-state index contributed by atoms with van der Waals surface area (Å²) in [5.74, 6) is 0.679. The van der Waals surface area contributed by atoms with Crippen LogP contribution in [0.5, 0.6) is 0 Å². The Morgan fingerprint density at radius 2 is 1.86 bits per heavy atom. The summed E-state index contributed by atoms with van der Waals surface area (Å²) in [4.78, 5) is 2.52. The van der Waals surface area contributed by atoms with Crippen LogP contribution in [0.1, 0.15) is 57.1 Å². The Labute approximate surface area is 127 Å². The van der Waals surface area contributed by atoms with Gasteiger partial charge in [0.25, 0.3) is 0 Å². The van der Waals surface area contributed by atoms with Crippen molar-refractivity contribution in [1.82, 2.24) is 4.90 Å². The Hall–Kier alpha value is -0.930. The zero-order valence-corrected chi connectivity index (χ0v) is 13.0. The maximum atomic E-state index is 14.3. The van der Waals surface area contributed by atoms with Crippen molar-refractivity contribution in [2.24, 2.45) is 11.7 Å². The van der Waals surface area contributed by atoms with Gasteiger partial charge in [-0.15, -0.1) is 0 Å². The molecule has 1 aliphatic carbocycles. The van der Waals surface area contributed by atoms with Gasteiger partial charge in [-0.1, -0.05) is 31.0 Å². The molecule has 2 N–H and O–H groups in total. The van der Waals surface area contributed by atoms with Gasteiger partial charge in [0.15, 0.2) is 0 Å². The van der Waals surface area contributed by atoms with Crippen LogP contribution in [0.4, 0.5) is 4.39 Å². The largest absolute Gasteiger partial charge is 0.326 e. The lowest BCUT2D eigenvalue weighted by Crippen LogP contribution is -2.52. The predicted octanol–water partition coefficient (Wildman–Crippen LogP) is 3.87. The van der Waals surface area contributed by atoms with E-state index in [1.165, 1.54) is 38.5 Å². The van der Waals surface area contributed by atoms with Crippen LogP contribution in [0, 0.1) is 11.7 Å². The highest BCUT2D eigenvalue weighted by atomic mass is 19.1. The van der Waals surface area contributed by atoms with Crippen LogP contribution in [0.2, 0.25) is 0 Å². The van der Waals surface area contributed by atoms with Crippen LogP contribution in [-0.4, -0.2) is 23.5 Å². The van der Waals surface area contributed by atoms with E-state index in [2.05, 4.69) is 4.90 Å². The number of hydrogen-bond acceptors (Lipinski definition) is 2. The number of nitrogens with zero attached hydrogens (tertiary/aromatic N) is 1. The van der Waals surface area contributed by atoms with E-state index in [1.54, 1.807) is 12.1 Å². The van der Waals surface area contributed by atoms with Gasteiger partial charge in [-0.2, -0.15) is 0 Å². The van der Waals surface area contributed by atoms with Crippen molar-refractivity contribution in [3.63, 3.8) is 0 Å². The van der Waals surface area contributed by atoms with E-state index in [4.69, 9.17) is 5.73 Å². The molecular weight excluding hydrogens is 263 g/mol. The van der Waals surface area contributed by atoms with Crippen molar-refractivity contribution in [3.05, 3.63) is 35.6 Å². The molecule has 0 amide bonds. The summed E-state index contributed by atoms with van der Waals surface area (Å²) in [5.41, 5.74) is 7.06. The fourth-order valence-corrected chi connectivity index (χ4v) is 4.49. The lowest BCUT2D eigenvalue weighted by atomic mass is 9.77. The van der Waals surface area contributed by atoms with Crippen LogP contribution in [-0.2, 0) is 0 Å². The number of piperidine rings is 1. The van der Waals surface area contributed by atoms with Gasteiger partial charge >= 0.3 is 0 Å². The van der Waals surface area contributed by atoms with Crippen molar-refractivity contribution < 1.29 is 4.39 Å². The molecule has 1 aliphatic heterocycles. The number of halogens is 1. The average Bonchev–Trinajstić information content (AvgIpc) is 2.49. The number of rotatable bonds is 3. The highest BCUT2D eigenvalue weighted by Gasteiger charge is 2.38. The quantitative estimate of drug-likeness (QED) is 0.915. The molecule has 0 aromatic heterocycles. The Morgan fingerprint density at radius 1 is 1.14 bits per heavy atom. The van der Waals surface area contributed by atoms with Gasteiger partial charge in [-0.05, 0) is 51.1 Å². The van der Waals surface area contributed by atoms with E-state index in [9.17, 15) is 4.39 Å². The first-order valence-electron chi connectivity index (χ1n) is 8.44. The second-order valence-electron chi connectivity index (χ2n) is 6.82. The fourth-order valence-electron chi connectivity index (χ4n) is 4.49. The third-order valence-corrected chi connectivity index (χ3v) is 5.37. The molecule has 116 valence electrons. The molecule has 1 aromatic carbocycles. The summed E-state index contributed by atoms with van der Waals surface area (Å²) in [5, 5.41) is 0. The Bertz CT molecular complexity index is 472. The smallest absolute Gasteiger partial charge is 0.128 e. The Balaban J connectivity index is 1.91. The lowest BCUT2D eigenvalue weighted by molar-refractivity contribution is 0.0167. The van der Waals surface area contributed by atoms with Crippen LogP contribution >= 0.6 is 0 Å². The van der Waals surface area contributed by atoms with Crippen molar-refractivity contribution in [1.29, 1.82) is 0 Å². The predicted molar refractivity (Wildman–Crippen MR) is 84.5 cm³/mol. The zero-order chi connectivity index (χ0) is 14.8. The van der Waals surface area contributed by atoms with Crippen molar-refractivity contribution in [3.8, 4) is 0 Å². The SMILES string of the molecule is CC(N)C(c1ccccc1F)N1CCC[C@H]2CCCC[C@H]21. The van der Waals surface area contributed by atoms with E-state index >= 15 is 0 Å². The highest BCUT2D eigenvalue weighted by Crippen LogP contribution is 2.40. The minimum Gasteiger partial charge on any atom is -0.326 e. The summed E-state index contributed by atoms with van der Waals surface area (Å²) in [6, 6.07) is 7.72. The molecule has 2 fully saturated rings. The molecule has 0 bridgehead atoms. The molecule has 1 saturated heterocycles. The second-order valence-corrected chi connectivity index (χ2v) is 6.82. The minimum atomic E-state index is -0.113. The van der Waals surface area contributed by atoms with Crippen molar-refractivity contribution in [2.45, 2.75) is 63.6 Å². The van der Waals surface area contributed by atoms with E-state index in [0.717, 1.165) is 18.0 Å².